The lowest BCUT2D eigenvalue weighted by molar-refractivity contribution is 0.527. The van der Waals surface area contributed by atoms with E-state index < -0.39 is 0 Å². The highest BCUT2D eigenvalue weighted by atomic mass is 32.1. The number of imidazole rings is 1. The van der Waals surface area contributed by atoms with Crippen LogP contribution in [0, 0.1) is 5.82 Å². The number of thiazole rings is 1. The van der Waals surface area contributed by atoms with E-state index in [1.807, 2.05) is 29.2 Å². The first-order chi connectivity index (χ1) is 9.28. The molecule has 3 heterocycles. The number of hydrogen-bond donors (Lipinski definition) is 1. The monoisotopic (exact) mass is 276 g/mol. The van der Waals surface area contributed by atoms with Gasteiger partial charge in [0.2, 0.25) is 0 Å². The smallest absolute Gasteiger partial charge is 0.193 e. The van der Waals surface area contributed by atoms with Gasteiger partial charge in [0.05, 0.1) is 11.9 Å². The Hall–Kier alpha value is -1.79. The van der Waals surface area contributed by atoms with Crippen LogP contribution in [-0.4, -0.2) is 21.4 Å². The van der Waals surface area contributed by atoms with Gasteiger partial charge in [-0.2, -0.15) is 0 Å². The summed E-state index contributed by atoms with van der Waals surface area (Å²) in [4.78, 5) is 9.25. The number of pyridine rings is 1. The number of halogens is 1. The molecule has 0 aliphatic rings. The van der Waals surface area contributed by atoms with Gasteiger partial charge in [0, 0.05) is 42.0 Å². The minimum Gasteiger partial charge on any atom is -0.313 e. The Morgan fingerprint density at radius 2 is 2.42 bits per heavy atom. The molecule has 3 rings (SSSR count). The van der Waals surface area contributed by atoms with E-state index in [0.29, 0.717) is 12.0 Å². The fraction of sp³-hybridized carbons (Fsp3) is 0.231. The first kappa shape index (κ1) is 12.3. The summed E-state index contributed by atoms with van der Waals surface area (Å²) in [5, 5.41) is 5.12. The van der Waals surface area contributed by atoms with Crippen LogP contribution in [0.1, 0.15) is 17.3 Å². The highest BCUT2D eigenvalue weighted by Gasteiger charge is 2.16. The standard InChI is InChI=1S/C13H13FN4S/c1-15-12(10-2-3-16-7-11(10)14)6-9-8-18-4-5-19-13(18)17-9/h2-5,7-8,12,15H,6H2,1H3. The molecule has 98 valence electrons. The summed E-state index contributed by atoms with van der Waals surface area (Å²) >= 11 is 1.59. The molecular formula is C13H13FN4S. The van der Waals surface area contributed by atoms with Crippen LogP contribution in [0.5, 0.6) is 0 Å². The van der Waals surface area contributed by atoms with E-state index in [2.05, 4.69) is 15.3 Å². The van der Waals surface area contributed by atoms with E-state index in [9.17, 15) is 4.39 Å². The van der Waals surface area contributed by atoms with Crippen molar-refractivity contribution in [1.82, 2.24) is 19.7 Å². The van der Waals surface area contributed by atoms with Gasteiger partial charge in [-0.25, -0.2) is 9.37 Å². The molecule has 1 unspecified atom stereocenters. The second-order valence-corrected chi connectivity index (χ2v) is 5.14. The number of fused-ring (bicyclic) bond motifs is 1. The number of aromatic nitrogens is 3. The summed E-state index contributed by atoms with van der Waals surface area (Å²) in [5.74, 6) is -0.289. The molecule has 0 aliphatic carbocycles. The van der Waals surface area contributed by atoms with Gasteiger partial charge in [-0.1, -0.05) is 0 Å². The largest absolute Gasteiger partial charge is 0.313 e. The van der Waals surface area contributed by atoms with Crippen LogP contribution in [0.4, 0.5) is 4.39 Å². The van der Waals surface area contributed by atoms with Crippen molar-refractivity contribution in [2.45, 2.75) is 12.5 Å². The van der Waals surface area contributed by atoms with Crippen LogP contribution < -0.4 is 5.32 Å². The Morgan fingerprint density at radius 1 is 1.53 bits per heavy atom. The molecule has 0 saturated heterocycles. The lowest BCUT2D eigenvalue weighted by Crippen LogP contribution is -2.20. The Morgan fingerprint density at radius 3 is 3.16 bits per heavy atom. The Labute approximate surface area is 113 Å². The van der Waals surface area contributed by atoms with Crippen LogP contribution in [0.25, 0.3) is 4.96 Å². The number of hydrogen-bond acceptors (Lipinski definition) is 4. The van der Waals surface area contributed by atoms with Crippen LogP contribution in [0.15, 0.2) is 36.2 Å². The van der Waals surface area contributed by atoms with Crippen LogP contribution >= 0.6 is 11.3 Å². The van der Waals surface area contributed by atoms with Gasteiger partial charge in [-0.05, 0) is 13.1 Å². The predicted octanol–water partition coefficient (Wildman–Crippen LogP) is 2.43. The molecule has 19 heavy (non-hydrogen) atoms. The van der Waals surface area contributed by atoms with Gasteiger partial charge >= 0.3 is 0 Å². The molecule has 0 spiro atoms. The SMILES string of the molecule is CNC(Cc1cn2ccsc2n1)c1ccncc1F. The average molecular weight is 276 g/mol. The van der Waals surface area contributed by atoms with Gasteiger partial charge in [-0.15, -0.1) is 11.3 Å². The molecule has 3 aromatic heterocycles. The summed E-state index contributed by atoms with van der Waals surface area (Å²) in [6, 6.07) is 1.60. The third kappa shape index (κ3) is 2.36. The molecule has 1 atom stereocenters. The van der Waals surface area contributed by atoms with E-state index in [0.717, 1.165) is 10.7 Å². The first-order valence-electron chi connectivity index (χ1n) is 5.95. The Bertz CT molecular complexity index is 662. The Balaban J connectivity index is 1.87. The minimum atomic E-state index is -0.289. The number of rotatable bonds is 4. The number of nitrogens with one attached hydrogen (secondary N) is 1. The first-order valence-corrected chi connectivity index (χ1v) is 6.83. The highest BCUT2D eigenvalue weighted by molar-refractivity contribution is 7.15. The molecule has 6 heteroatoms. The maximum atomic E-state index is 13.7. The van der Waals surface area contributed by atoms with Gasteiger partial charge in [0.25, 0.3) is 0 Å². The summed E-state index contributed by atoms with van der Waals surface area (Å²) in [6.45, 7) is 0. The molecule has 0 saturated carbocycles. The van der Waals surface area contributed by atoms with Gasteiger partial charge in [0.1, 0.15) is 5.82 Å². The van der Waals surface area contributed by atoms with Crippen molar-refractivity contribution >= 4 is 16.3 Å². The van der Waals surface area contributed by atoms with Crippen LogP contribution in [0.3, 0.4) is 0 Å². The summed E-state index contributed by atoms with van der Waals surface area (Å²) < 4.78 is 15.7. The fourth-order valence-electron chi connectivity index (χ4n) is 2.12. The molecular weight excluding hydrogens is 263 g/mol. The lowest BCUT2D eigenvalue weighted by Gasteiger charge is -2.15. The molecule has 1 N–H and O–H groups in total. The van der Waals surface area contributed by atoms with E-state index in [1.165, 1.54) is 6.20 Å². The van der Waals surface area contributed by atoms with Gasteiger partial charge in [-0.3, -0.25) is 9.38 Å². The summed E-state index contributed by atoms with van der Waals surface area (Å²) in [6.07, 6.45) is 7.44. The minimum absolute atomic E-state index is 0.104. The van der Waals surface area contributed by atoms with E-state index >= 15 is 0 Å². The second kappa shape index (κ2) is 5.07. The molecule has 0 bridgehead atoms. The molecule has 0 aliphatic heterocycles. The third-order valence-electron chi connectivity index (χ3n) is 3.08. The zero-order valence-electron chi connectivity index (χ0n) is 10.4. The molecule has 3 aromatic rings. The summed E-state index contributed by atoms with van der Waals surface area (Å²) in [7, 11) is 1.82. The van der Waals surface area contributed by atoms with Crippen molar-refractivity contribution in [3.63, 3.8) is 0 Å². The van der Waals surface area contributed by atoms with E-state index in [4.69, 9.17) is 0 Å². The maximum Gasteiger partial charge on any atom is 0.193 e. The van der Waals surface area contributed by atoms with Crippen LogP contribution in [-0.2, 0) is 6.42 Å². The van der Waals surface area contributed by atoms with Crippen molar-refractivity contribution < 1.29 is 4.39 Å². The molecule has 4 nitrogen and oxygen atoms in total. The van der Waals surface area contributed by atoms with Crippen molar-refractivity contribution in [2.75, 3.05) is 7.05 Å². The molecule has 0 aromatic carbocycles. The zero-order chi connectivity index (χ0) is 13.2. The number of nitrogens with zero attached hydrogens (tertiary/aromatic N) is 3. The highest BCUT2D eigenvalue weighted by Crippen LogP contribution is 2.21. The third-order valence-corrected chi connectivity index (χ3v) is 3.85. The van der Waals surface area contributed by atoms with Crippen molar-refractivity contribution in [3.05, 3.63) is 53.3 Å². The lowest BCUT2D eigenvalue weighted by atomic mass is 10.0. The predicted molar refractivity (Wildman–Crippen MR) is 72.8 cm³/mol. The van der Waals surface area contributed by atoms with E-state index in [-0.39, 0.29) is 11.9 Å². The van der Waals surface area contributed by atoms with Crippen molar-refractivity contribution in [1.29, 1.82) is 0 Å². The molecule has 0 radical (unpaired) electrons. The van der Waals surface area contributed by atoms with Crippen molar-refractivity contribution in [2.24, 2.45) is 0 Å². The van der Waals surface area contributed by atoms with Gasteiger partial charge in [0.15, 0.2) is 4.96 Å². The topological polar surface area (TPSA) is 42.2 Å². The van der Waals surface area contributed by atoms with Gasteiger partial charge < -0.3 is 5.32 Å². The zero-order valence-corrected chi connectivity index (χ0v) is 11.2. The van der Waals surface area contributed by atoms with E-state index in [1.54, 1.807) is 23.6 Å². The Kier molecular flexibility index (Phi) is 3.27. The second-order valence-electron chi connectivity index (χ2n) is 4.27. The normalized spacial score (nSPS) is 12.9. The number of likely N-dealkylation sites (N-methyl/N-ethyl adjacent to an activating group) is 1. The fourth-order valence-corrected chi connectivity index (χ4v) is 2.84. The van der Waals surface area contributed by atoms with Crippen LogP contribution in [0.2, 0.25) is 0 Å². The van der Waals surface area contributed by atoms with Crippen molar-refractivity contribution in [3.8, 4) is 0 Å². The average Bonchev–Trinajstić information content (AvgIpc) is 2.97. The molecule has 0 fully saturated rings. The summed E-state index contributed by atoms with van der Waals surface area (Å²) in [5.41, 5.74) is 1.57. The molecule has 0 amide bonds. The quantitative estimate of drug-likeness (QED) is 0.796. The maximum absolute atomic E-state index is 13.7.